The van der Waals surface area contributed by atoms with E-state index in [4.69, 9.17) is 0 Å². The summed E-state index contributed by atoms with van der Waals surface area (Å²) in [5, 5.41) is 1.78. The van der Waals surface area contributed by atoms with Crippen LogP contribution in [0.5, 0.6) is 0 Å². The van der Waals surface area contributed by atoms with Gasteiger partial charge in [-0.15, -0.1) is 0 Å². The van der Waals surface area contributed by atoms with Crippen molar-refractivity contribution in [3.05, 3.63) is 59.9 Å². The van der Waals surface area contributed by atoms with E-state index in [-0.39, 0.29) is 30.6 Å². The fourth-order valence-electron chi connectivity index (χ4n) is 2.52. The summed E-state index contributed by atoms with van der Waals surface area (Å²) in [4.78, 5) is 29.2. The number of nitrogens with zero attached hydrogens (tertiary/aromatic N) is 2. The zero-order valence-electron chi connectivity index (χ0n) is 14.0. The van der Waals surface area contributed by atoms with Gasteiger partial charge in [-0.2, -0.15) is 0 Å². The molecule has 1 aliphatic heterocycles. The van der Waals surface area contributed by atoms with Crippen molar-refractivity contribution in [2.24, 2.45) is 0 Å². The molecule has 1 aromatic carbocycles. The van der Waals surface area contributed by atoms with Crippen LogP contribution in [0.25, 0.3) is 0 Å². The van der Waals surface area contributed by atoms with Gasteiger partial charge < -0.3 is 10.2 Å². The minimum absolute atomic E-state index is 0.109. The van der Waals surface area contributed by atoms with Gasteiger partial charge in [0.05, 0.1) is 5.56 Å². The third-order valence-corrected chi connectivity index (χ3v) is 5.77. The second-order valence-electron chi connectivity index (χ2n) is 5.86. The van der Waals surface area contributed by atoms with Gasteiger partial charge in [-0.3, -0.25) is 19.3 Å². The van der Waals surface area contributed by atoms with Gasteiger partial charge in [0.15, 0.2) is 0 Å². The number of nitrogens with one attached hydrogen (secondary N) is 2. The highest BCUT2D eigenvalue weighted by molar-refractivity contribution is 7.93. The van der Waals surface area contributed by atoms with Crippen LogP contribution >= 0.6 is 0 Å². The zero-order chi connectivity index (χ0) is 18.7. The molecule has 1 saturated heterocycles. The summed E-state index contributed by atoms with van der Waals surface area (Å²) in [5.74, 6) is -0.654. The molecular weight excluding hydrogens is 356 g/mol. The van der Waals surface area contributed by atoms with E-state index in [0.717, 1.165) is 0 Å². The van der Waals surface area contributed by atoms with Gasteiger partial charge >= 0.3 is 0 Å². The second-order valence-corrected chi connectivity index (χ2v) is 7.82. The highest BCUT2D eigenvalue weighted by atomic mass is 32.2. The molecule has 1 aliphatic rings. The number of amides is 2. The molecule has 26 heavy (non-hydrogen) atoms. The maximum Gasteiger partial charge on any atom is 0.269 e. The van der Waals surface area contributed by atoms with Crippen LogP contribution in [0.1, 0.15) is 20.8 Å². The Morgan fingerprint density at radius 1 is 1.12 bits per heavy atom. The summed E-state index contributed by atoms with van der Waals surface area (Å²) in [7, 11) is -2.07. The largest absolute Gasteiger partial charge is 0.354 e. The molecule has 0 saturated carbocycles. The van der Waals surface area contributed by atoms with E-state index in [1.54, 1.807) is 30.3 Å². The highest BCUT2D eigenvalue weighted by Crippen LogP contribution is 2.21. The average Bonchev–Trinajstić information content (AvgIpc) is 2.60. The van der Waals surface area contributed by atoms with Crippen molar-refractivity contribution in [2.45, 2.75) is 5.25 Å². The Bertz CT molecular complexity index is 908. The van der Waals surface area contributed by atoms with E-state index in [9.17, 15) is 18.0 Å². The van der Waals surface area contributed by atoms with Crippen molar-refractivity contribution in [3.63, 3.8) is 0 Å². The molecule has 2 amide bonds. The van der Waals surface area contributed by atoms with Crippen LogP contribution in [0.15, 0.2) is 48.7 Å². The number of pyridine rings is 1. The number of benzene rings is 1. The van der Waals surface area contributed by atoms with Crippen LogP contribution in [-0.4, -0.2) is 55.5 Å². The highest BCUT2D eigenvalue weighted by Gasteiger charge is 2.40. The third-order valence-electron chi connectivity index (χ3n) is 4.08. The summed E-state index contributed by atoms with van der Waals surface area (Å²) in [6.45, 7) is 0.219. The van der Waals surface area contributed by atoms with Crippen molar-refractivity contribution < 1.29 is 18.0 Å². The lowest BCUT2D eigenvalue weighted by atomic mass is 10.1. The second kappa shape index (κ2) is 7.12. The molecule has 0 spiro atoms. The van der Waals surface area contributed by atoms with Gasteiger partial charge in [-0.1, -0.05) is 18.2 Å². The maximum atomic E-state index is 12.4. The van der Waals surface area contributed by atoms with Crippen LogP contribution < -0.4 is 10.0 Å². The molecule has 0 atom stereocenters. The van der Waals surface area contributed by atoms with Crippen molar-refractivity contribution in [1.29, 1.82) is 0 Å². The van der Waals surface area contributed by atoms with Crippen LogP contribution in [0.3, 0.4) is 0 Å². The Morgan fingerprint density at radius 3 is 2.38 bits per heavy atom. The molecule has 9 heteroatoms. The predicted molar refractivity (Wildman–Crippen MR) is 96.3 cm³/mol. The normalized spacial score (nSPS) is 14.4. The lowest BCUT2D eigenvalue weighted by molar-refractivity contribution is 0.0658. The van der Waals surface area contributed by atoms with Crippen molar-refractivity contribution >= 4 is 27.5 Å². The van der Waals surface area contributed by atoms with Gasteiger partial charge in [0.1, 0.15) is 10.9 Å². The molecule has 8 nitrogen and oxygen atoms in total. The molecule has 1 fully saturated rings. The molecule has 2 N–H and O–H groups in total. The Morgan fingerprint density at radius 2 is 1.81 bits per heavy atom. The number of rotatable bonds is 5. The first-order valence-corrected chi connectivity index (χ1v) is 9.49. The number of anilines is 1. The van der Waals surface area contributed by atoms with Crippen LogP contribution in [0.2, 0.25) is 0 Å². The molecule has 0 bridgehead atoms. The van der Waals surface area contributed by atoms with Gasteiger partial charge in [-0.05, 0) is 24.3 Å². The molecule has 2 heterocycles. The fourth-order valence-corrected chi connectivity index (χ4v) is 3.90. The molecular formula is C17H18N4O4S. The topological polar surface area (TPSA) is 108 Å². The SMILES string of the molecule is CNC(=O)c1ccc(C(=O)N2CC(S(=O)(=O)Nc3ccccc3)C2)cn1. The summed E-state index contributed by atoms with van der Waals surface area (Å²) < 4.78 is 27.2. The van der Waals surface area contributed by atoms with Crippen molar-refractivity contribution in [3.8, 4) is 0 Å². The number of carbonyl (C=O) groups excluding carboxylic acids is 2. The zero-order valence-corrected chi connectivity index (χ0v) is 14.9. The number of carbonyl (C=O) groups is 2. The number of likely N-dealkylation sites (tertiary alicyclic amines) is 1. The number of hydrogen-bond donors (Lipinski definition) is 2. The van der Waals surface area contributed by atoms with Crippen molar-refractivity contribution in [2.75, 3.05) is 24.9 Å². The summed E-state index contributed by atoms with van der Waals surface area (Å²) in [5.41, 5.74) is 1.01. The molecule has 0 unspecified atom stereocenters. The molecule has 3 rings (SSSR count). The predicted octanol–water partition coefficient (Wildman–Crippen LogP) is 0.707. The van der Waals surface area contributed by atoms with Gasteiger partial charge in [0.2, 0.25) is 10.0 Å². The van der Waals surface area contributed by atoms with Crippen LogP contribution in [0, 0.1) is 0 Å². The monoisotopic (exact) mass is 374 g/mol. The lowest BCUT2D eigenvalue weighted by Gasteiger charge is -2.38. The summed E-state index contributed by atoms with van der Waals surface area (Å²) in [6.07, 6.45) is 1.32. The lowest BCUT2D eigenvalue weighted by Crippen LogP contribution is -2.58. The Labute approximate surface area is 151 Å². The molecule has 0 aliphatic carbocycles. The minimum atomic E-state index is -3.56. The van der Waals surface area contributed by atoms with E-state index < -0.39 is 15.3 Å². The van der Waals surface area contributed by atoms with Gasteiger partial charge in [-0.25, -0.2) is 8.42 Å². The number of hydrogen-bond acceptors (Lipinski definition) is 5. The Balaban J connectivity index is 1.60. The molecule has 136 valence electrons. The Kier molecular flexibility index (Phi) is 4.90. The van der Waals surface area contributed by atoms with E-state index in [1.165, 1.54) is 30.3 Å². The first-order valence-electron chi connectivity index (χ1n) is 7.95. The van der Waals surface area contributed by atoms with E-state index in [0.29, 0.717) is 11.3 Å². The number of para-hydroxylation sites is 1. The van der Waals surface area contributed by atoms with Gasteiger partial charge in [0.25, 0.3) is 11.8 Å². The summed E-state index contributed by atoms with van der Waals surface area (Å²) in [6, 6.07) is 11.6. The first-order chi connectivity index (χ1) is 12.4. The molecule has 1 aromatic heterocycles. The maximum absolute atomic E-state index is 12.4. The van der Waals surface area contributed by atoms with Crippen LogP contribution in [0.4, 0.5) is 5.69 Å². The number of sulfonamides is 1. The van der Waals surface area contributed by atoms with Crippen LogP contribution in [-0.2, 0) is 10.0 Å². The number of aromatic nitrogens is 1. The summed E-state index contributed by atoms with van der Waals surface area (Å²) >= 11 is 0. The van der Waals surface area contributed by atoms with Crippen molar-refractivity contribution in [1.82, 2.24) is 15.2 Å². The minimum Gasteiger partial charge on any atom is -0.354 e. The first kappa shape index (κ1) is 17.9. The standard InChI is InChI=1S/C17H18N4O4S/c1-18-16(22)15-8-7-12(9-19-15)17(23)21-10-14(11-21)26(24,25)20-13-5-3-2-4-6-13/h2-9,14,20H,10-11H2,1H3,(H,18,22). The Hall–Kier alpha value is -2.94. The molecule has 0 radical (unpaired) electrons. The third kappa shape index (κ3) is 3.67. The van der Waals surface area contributed by atoms with Gasteiger partial charge in [0, 0.05) is 32.0 Å². The molecule has 2 aromatic rings. The van der Waals surface area contributed by atoms with E-state index in [2.05, 4.69) is 15.0 Å². The van der Waals surface area contributed by atoms with E-state index >= 15 is 0 Å². The quantitative estimate of drug-likeness (QED) is 0.801. The fraction of sp³-hybridized carbons (Fsp3) is 0.235. The van der Waals surface area contributed by atoms with E-state index in [1.807, 2.05) is 0 Å². The smallest absolute Gasteiger partial charge is 0.269 e. The average molecular weight is 374 g/mol.